The average molecular weight is 231 g/mol. The molecule has 0 amide bonds. The Morgan fingerprint density at radius 2 is 2.06 bits per heavy atom. The number of benzene rings is 1. The predicted molar refractivity (Wildman–Crippen MR) is 66.2 cm³/mol. The molecule has 0 bridgehead atoms. The first-order valence-corrected chi connectivity index (χ1v) is 5.59. The molecular weight excluding hydrogens is 214 g/mol. The molecule has 2 rings (SSSR count). The minimum absolute atomic E-state index is 0.448. The highest BCUT2D eigenvalue weighted by molar-refractivity contribution is 5.14. The number of hydrogen-bond acceptors (Lipinski definition) is 3. The second-order valence-electron chi connectivity index (χ2n) is 4.37. The summed E-state index contributed by atoms with van der Waals surface area (Å²) >= 11 is 0. The number of aromatic amines is 1. The van der Waals surface area contributed by atoms with E-state index in [-0.39, 0.29) is 0 Å². The van der Waals surface area contributed by atoms with Gasteiger partial charge in [-0.2, -0.15) is 5.10 Å². The van der Waals surface area contributed by atoms with Gasteiger partial charge in [0.05, 0.1) is 24.4 Å². The molecule has 4 heteroatoms. The van der Waals surface area contributed by atoms with Gasteiger partial charge in [0, 0.05) is 6.20 Å². The summed E-state index contributed by atoms with van der Waals surface area (Å²) in [6, 6.07) is 11.9. The molecular formula is C13H17N3O. The van der Waals surface area contributed by atoms with Crippen molar-refractivity contribution in [3.63, 3.8) is 0 Å². The smallest absolute Gasteiger partial charge is 0.0786 e. The summed E-state index contributed by atoms with van der Waals surface area (Å²) in [5, 5.41) is 6.77. The molecule has 0 aliphatic carbocycles. The minimum Gasteiger partial charge on any atom is -0.374 e. The Kier molecular flexibility index (Phi) is 3.56. The lowest BCUT2D eigenvalue weighted by atomic mass is 10.0. The summed E-state index contributed by atoms with van der Waals surface area (Å²) in [6.45, 7) is 2.94. The SMILES string of the molecule is CC(N)(COCc1ccccc1)c1ccn[nH]1. The van der Waals surface area contributed by atoms with Gasteiger partial charge in [-0.15, -0.1) is 0 Å². The summed E-state index contributed by atoms with van der Waals surface area (Å²) in [6.07, 6.45) is 1.69. The number of hydrogen-bond donors (Lipinski definition) is 2. The van der Waals surface area contributed by atoms with Gasteiger partial charge in [0.15, 0.2) is 0 Å². The van der Waals surface area contributed by atoms with Crippen LogP contribution in [0.5, 0.6) is 0 Å². The summed E-state index contributed by atoms with van der Waals surface area (Å²) in [7, 11) is 0. The molecule has 0 fully saturated rings. The second kappa shape index (κ2) is 5.12. The third-order valence-electron chi connectivity index (χ3n) is 2.63. The molecule has 1 heterocycles. The topological polar surface area (TPSA) is 63.9 Å². The summed E-state index contributed by atoms with van der Waals surface area (Å²) in [5.74, 6) is 0. The molecule has 0 aliphatic heterocycles. The third kappa shape index (κ3) is 3.15. The van der Waals surface area contributed by atoms with Gasteiger partial charge in [-0.25, -0.2) is 0 Å². The van der Waals surface area contributed by atoms with Gasteiger partial charge in [0.2, 0.25) is 0 Å². The minimum atomic E-state index is -0.536. The van der Waals surface area contributed by atoms with Crippen LogP contribution in [0, 0.1) is 0 Å². The van der Waals surface area contributed by atoms with Crippen LogP contribution in [0.15, 0.2) is 42.6 Å². The summed E-state index contributed by atoms with van der Waals surface area (Å²) in [5.41, 5.74) is 7.64. The summed E-state index contributed by atoms with van der Waals surface area (Å²) < 4.78 is 5.64. The lowest BCUT2D eigenvalue weighted by Gasteiger charge is -2.22. The van der Waals surface area contributed by atoms with Crippen molar-refractivity contribution in [1.29, 1.82) is 0 Å². The largest absolute Gasteiger partial charge is 0.374 e. The highest BCUT2D eigenvalue weighted by atomic mass is 16.5. The van der Waals surface area contributed by atoms with E-state index in [4.69, 9.17) is 10.5 Å². The van der Waals surface area contributed by atoms with Crippen LogP contribution in [0.1, 0.15) is 18.2 Å². The zero-order valence-corrected chi connectivity index (χ0v) is 9.89. The molecule has 4 nitrogen and oxygen atoms in total. The van der Waals surface area contributed by atoms with Crippen LogP contribution in [-0.4, -0.2) is 16.8 Å². The van der Waals surface area contributed by atoms with E-state index in [1.807, 2.05) is 43.3 Å². The number of ether oxygens (including phenoxy) is 1. The number of nitrogens with zero attached hydrogens (tertiary/aromatic N) is 1. The van der Waals surface area contributed by atoms with Crippen molar-refractivity contribution in [2.45, 2.75) is 19.1 Å². The molecule has 17 heavy (non-hydrogen) atoms. The predicted octanol–water partition coefficient (Wildman–Crippen LogP) is 1.80. The van der Waals surface area contributed by atoms with Gasteiger partial charge in [-0.3, -0.25) is 5.10 Å². The monoisotopic (exact) mass is 231 g/mol. The molecule has 90 valence electrons. The van der Waals surface area contributed by atoms with Gasteiger partial charge >= 0.3 is 0 Å². The maximum atomic E-state index is 6.15. The Morgan fingerprint density at radius 1 is 1.29 bits per heavy atom. The van der Waals surface area contributed by atoms with Crippen LogP contribution >= 0.6 is 0 Å². The number of aromatic nitrogens is 2. The first-order chi connectivity index (χ1) is 8.18. The third-order valence-corrected chi connectivity index (χ3v) is 2.63. The van der Waals surface area contributed by atoms with Gasteiger partial charge in [-0.05, 0) is 18.6 Å². The lowest BCUT2D eigenvalue weighted by Crippen LogP contribution is -2.38. The molecule has 0 saturated carbocycles. The Morgan fingerprint density at radius 3 is 2.71 bits per heavy atom. The number of nitrogens with one attached hydrogen (secondary N) is 1. The summed E-state index contributed by atoms with van der Waals surface area (Å²) in [4.78, 5) is 0. The zero-order chi connectivity index (χ0) is 12.1. The van der Waals surface area contributed by atoms with E-state index in [9.17, 15) is 0 Å². The van der Waals surface area contributed by atoms with Gasteiger partial charge < -0.3 is 10.5 Å². The van der Waals surface area contributed by atoms with Crippen molar-refractivity contribution in [2.24, 2.45) is 5.73 Å². The average Bonchev–Trinajstić information content (AvgIpc) is 2.84. The molecule has 1 aromatic heterocycles. The highest BCUT2D eigenvalue weighted by Crippen LogP contribution is 2.15. The van der Waals surface area contributed by atoms with Gasteiger partial charge in [0.1, 0.15) is 0 Å². The number of nitrogens with two attached hydrogens (primary N) is 1. The van der Waals surface area contributed by atoms with E-state index in [2.05, 4.69) is 10.2 Å². The molecule has 0 saturated heterocycles. The Bertz CT molecular complexity index is 437. The van der Waals surface area contributed by atoms with Crippen LogP contribution in [0.3, 0.4) is 0 Å². The Balaban J connectivity index is 1.86. The van der Waals surface area contributed by atoms with Crippen molar-refractivity contribution in [3.05, 3.63) is 53.9 Å². The zero-order valence-electron chi connectivity index (χ0n) is 9.89. The molecule has 0 radical (unpaired) electrons. The Hall–Kier alpha value is -1.65. The fourth-order valence-corrected chi connectivity index (χ4v) is 1.61. The standard InChI is InChI=1S/C13H17N3O/c1-13(14,12-7-8-15-16-12)10-17-9-11-5-3-2-4-6-11/h2-8H,9-10,14H2,1H3,(H,15,16). The van der Waals surface area contributed by atoms with E-state index in [1.54, 1.807) is 6.20 Å². The van der Waals surface area contributed by atoms with E-state index in [0.717, 1.165) is 11.3 Å². The Labute approximate surface area is 101 Å². The fourth-order valence-electron chi connectivity index (χ4n) is 1.61. The van der Waals surface area contributed by atoms with E-state index >= 15 is 0 Å². The van der Waals surface area contributed by atoms with Crippen LogP contribution in [-0.2, 0) is 16.9 Å². The van der Waals surface area contributed by atoms with Gasteiger partial charge in [0.25, 0.3) is 0 Å². The molecule has 1 atom stereocenters. The van der Waals surface area contributed by atoms with Crippen molar-refractivity contribution in [1.82, 2.24) is 10.2 Å². The van der Waals surface area contributed by atoms with Gasteiger partial charge in [-0.1, -0.05) is 30.3 Å². The fraction of sp³-hybridized carbons (Fsp3) is 0.308. The molecule has 0 spiro atoms. The van der Waals surface area contributed by atoms with Crippen molar-refractivity contribution in [3.8, 4) is 0 Å². The first-order valence-electron chi connectivity index (χ1n) is 5.59. The molecule has 0 aliphatic rings. The highest BCUT2D eigenvalue weighted by Gasteiger charge is 2.22. The second-order valence-corrected chi connectivity index (χ2v) is 4.37. The quantitative estimate of drug-likeness (QED) is 0.824. The normalized spacial score (nSPS) is 14.5. The molecule has 3 N–H and O–H groups in total. The van der Waals surface area contributed by atoms with Crippen LogP contribution in [0.25, 0.3) is 0 Å². The molecule has 1 aromatic carbocycles. The number of rotatable bonds is 5. The van der Waals surface area contributed by atoms with Crippen LogP contribution in [0.4, 0.5) is 0 Å². The molecule has 2 aromatic rings. The molecule has 1 unspecified atom stereocenters. The maximum Gasteiger partial charge on any atom is 0.0786 e. The number of H-pyrrole nitrogens is 1. The van der Waals surface area contributed by atoms with E-state index in [1.165, 1.54) is 0 Å². The maximum absolute atomic E-state index is 6.15. The lowest BCUT2D eigenvalue weighted by molar-refractivity contribution is 0.0770. The first kappa shape index (κ1) is 11.8. The van der Waals surface area contributed by atoms with Crippen molar-refractivity contribution >= 4 is 0 Å². The van der Waals surface area contributed by atoms with E-state index in [0.29, 0.717) is 13.2 Å². The van der Waals surface area contributed by atoms with Crippen LogP contribution < -0.4 is 5.73 Å². The van der Waals surface area contributed by atoms with Crippen molar-refractivity contribution < 1.29 is 4.74 Å². The van der Waals surface area contributed by atoms with E-state index < -0.39 is 5.54 Å². The van der Waals surface area contributed by atoms with Crippen molar-refractivity contribution in [2.75, 3.05) is 6.61 Å². The van der Waals surface area contributed by atoms with Crippen LogP contribution in [0.2, 0.25) is 0 Å².